The van der Waals surface area contributed by atoms with Crippen LogP contribution in [0.25, 0.3) is 12.2 Å². The highest BCUT2D eigenvalue weighted by atomic mass is 79.9. The molecule has 0 aliphatic heterocycles. The highest BCUT2D eigenvalue weighted by Gasteiger charge is 2.21. The van der Waals surface area contributed by atoms with Gasteiger partial charge in [-0.05, 0) is 116 Å². The van der Waals surface area contributed by atoms with Crippen LogP contribution in [0, 0.1) is 0 Å². The monoisotopic (exact) mass is 760 g/mol. The van der Waals surface area contributed by atoms with E-state index in [2.05, 4.69) is 47.8 Å². The number of carbonyl (C=O) groups is 3. The van der Waals surface area contributed by atoms with Crippen molar-refractivity contribution in [3.63, 3.8) is 0 Å². The van der Waals surface area contributed by atoms with E-state index in [4.69, 9.17) is 5.11 Å². The summed E-state index contributed by atoms with van der Waals surface area (Å²) in [5.74, 6) is 0.681. The van der Waals surface area contributed by atoms with Crippen molar-refractivity contribution >= 4 is 77.8 Å². The summed E-state index contributed by atoms with van der Waals surface area (Å²) in [6, 6.07) is 15.6. The normalized spacial score (nSPS) is 16.7. The minimum absolute atomic E-state index is 0.00231. The number of allylic oxidation sites excluding steroid dienone is 2. The van der Waals surface area contributed by atoms with Gasteiger partial charge in [-0.1, -0.05) is 36.8 Å². The van der Waals surface area contributed by atoms with Crippen LogP contribution in [-0.2, 0) is 9.59 Å². The van der Waals surface area contributed by atoms with Crippen LogP contribution in [0.4, 0.5) is 0 Å². The topological polar surface area (TPSA) is 112 Å². The number of phenols is 3. The third kappa shape index (κ3) is 9.51. The van der Waals surface area contributed by atoms with Gasteiger partial charge in [0, 0.05) is 35.1 Å². The van der Waals surface area contributed by atoms with Gasteiger partial charge in [0.1, 0.15) is 23.0 Å². The van der Waals surface area contributed by atoms with Crippen molar-refractivity contribution in [2.75, 3.05) is 0 Å². The van der Waals surface area contributed by atoms with E-state index in [1.165, 1.54) is 6.42 Å². The highest BCUT2D eigenvalue weighted by molar-refractivity contribution is 9.11. The summed E-state index contributed by atoms with van der Waals surface area (Å²) in [5, 5.41) is 29.4. The van der Waals surface area contributed by atoms with Crippen molar-refractivity contribution in [1.82, 2.24) is 0 Å². The maximum absolute atomic E-state index is 12.8. The molecular weight excluding hydrogens is 732 g/mol. The molecule has 42 heavy (non-hydrogen) atoms. The molecule has 0 amide bonds. The molecule has 0 saturated heterocycles. The zero-order chi connectivity index (χ0) is 30.6. The molecule has 2 aliphatic rings. The molecule has 0 unspecified atom stereocenters. The maximum atomic E-state index is 12.8. The molecule has 3 N–H and O–H groups in total. The van der Waals surface area contributed by atoms with E-state index in [9.17, 15) is 24.6 Å². The lowest BCUT2D eigenvalue weighted by atomic mass is 9.86. The average molecular weight is 763 g/mol. The number of benzene rings is 3. The molecule has 0 heterocycles. The average Bonchev–Trinajstić information content (AvgIpc) is 2.98. The first-order valence-electron chi connectivity index (χ1n) is 13.5. The number of hydrogen-bond donors (Lipinski definition) is 3. The smallest absolute Gasteiger partial charge is 0.185 e. The van der Waals surface area contributed by atoms with Gasteiger partial charge in [0.05, 0.1) is 19.0 Å². The standard InChI is InChI=1S/C20H16Br2O3.C7H5BrO2.C6H10O/c21-16-8-2-6-14(19(16)24)10-12-4-1-5-13(18(12)23)11-15-7-3-9-17(22)20(15)25;8-6-3-1-2-5(4-9)7(6)10;7-6-4-2-1-3-5-6/h2-3,6-11,24-25H,1,4-5H2;1-4,10H;1-5H2/b12-10+,13-11+;;. The van der Waals surface area contributed by atoms with Gasteiger partial charge in [0.15, 0.2) is 12.1 Å². The minimum Gasteiger partial charge on any atom is -0.506 e. The first-order valence-corrected chi connectivity index (χ1v) is 15.9. The quantitative estimate of drug-likeness (QED) is 0.181. The Hall–Kier alpha value is -3.01. The van der Waals surface area contributed by atoms with Crippen molar-refractivity contribution in [2.24, 2.45) is 0 Å². The lowest BCUT2D eigenvalue weighted by Crippen LogP contribution is -2.12. The fourth-order valence-corrected chi connectivity index (χ4v) is 5.57. The van der Waals surface area contributed by atoms with Crippen LogP contribution in [0.15, 0.2) is 79.2 Å². The Morgan fingerprint density at radius 2 is 0.952 bits per heavy atom. The lowest BCUT2D eigenvalue weighted by Gasteiger charge is -2.17. The van der Waals surface area contributed by atoms with E-state index in [1.54, 1.807) is 54.6 Å². The van der Waals surface area contributed by atoms with Gasteiger partial charge in [0.2, 0.25) is 0 Å². The zero-order valence-electron chi connectivity index (χ0n) is 22.8. The Labute approximate surface area is 270 Å². The number of para-hydroxylation sites is 3. The molecule has 2 fully saturated rings. The van der Waals surface area contributed by atoms with Crippen molar-refractivity contribution in [3.8, 4) is 17.2 Å². The molecule has 0 aromatic heterocycles. The zero-order valence-corrected chi connectivity index (χ0v) is 27.5. The Kier molecular flexibility index (Phi) is 13.2. The summed E-state index contributed by atoms with van der Waals surface area (Å²) >= 11 is 9.66. The van der Waals surface area contributed by atoms with E-state index in [0.29, 0.717) is 66.2 Å². The Morgan fingerprint density at radius 1 is 0.548 bits per heavy atom. The third-order valence-corrected chi connectivity index (χ3v) is 8.65. The first kappa shape index (κ1) is 33.5. The predicted octanol–water partition coefficient (Wildman–Crippen LogP) is 9.33. The number of rotatable bonds is 3. The van der Waals surface area contributed by atoms with Crippen molar-refractivity contribution in [2.45, 2.75) is 51.4 Å². The molecule has 0 bridgehead atoms. The molecule has 0 spiro atoms. The van der Waals surface area contributed by atoms with Crippen molar-refractivity contribution < 1.29 is 29.7 Å². The Balaban J connectivity index is 0.000000231. The molecule has 2 saturated carbocycles. The molecular formula is C33H31Br3O6. The fraction of sp³-hybridized carbons (Fsp3) is 0.242. The van der Waals surface area contributed by atoms with Gasteiger partial charge in [-0.15, -0.1) is 0 Å². The number of carbonyl (C=O) groups excluding carboxylic acids is 3. The van der Waals surface area contributed by atoms with Gasteiger partial charge in [-0.3, -0.25) is 14.4 Å². The first-order chi connectivity index (χ1) is 20.1. The molecule has 9 heteroatoms. The van der Waals surface area contributed by atoms with Gasteiger partial charge in [-0.2, -0.15) is 0 Å². The molecule has 6 nitrogen and oxygen atoms in total. The number of Topliss-reactive ketones (excluding diaryl/α,β-unsaturated/α-hetero) is 2. The third-order valence-electron chi connectivity index (χ3n) is 6.73. The van der Waals surface area contributed by atoms with Gasteiger partial charge in [0.25, 0.3) is 0 Å². The van der Waals surface area contributed by atoms with Crippen molar-refractivity contribution in [3.05, 3.63) is 95.9 Å². The van der Waals surface area contributed by atoms with E-state index in [-0.39, 0.29) is 23.0 Å². The van der Waals surface area contributed by atoms with Crippen LogP contribution in [0.2, 0.25) is 0 Å². The summed E-state index contributed by atoms with van der Waals surface area (Å²) in [7, 11) is 0. The van der Waals surface area contributed by atoms with Gasteiger partial charge < -0.3 is 15.3 Å². The number of aldehydes is 1. The van der Waals surface area contributed by atoms with Crippen LogP contribution in [-0.4, -0.2) is 33.2 Å². The van der Waals surface area contributed by atoms with Gasteiger partial charge >= 0.3 is 0 Å². The molecule has 3 aromatic rings. The second-order valence-corrected chi connectivity index (χ2v) is 12.3. The van der Waals surface area contributed by atoms with Crippen LogP contribution >= 0.6 is 47.8 Å². The second-order valence-electron chi connectivity index (χ2n) is 9.77. The maximum Gasteiger partial charge on any atom is 0.185 e. The van der Waals surface area contributed by atoms with Crippen LogP contribution in [0.3, 0.4) is 0 Å². The molecule has 5 rings (SSSR count). The predicted molar refractivity (Wildman–Crippen MR) is 176 cm³/mol. The largest absolute Gasteiger partial charge is 0.506 e. The van der Waals surface area contributed by atoms with E-state index >= 15 is 0 Å². The van der Waals surface area contributed by atoms with Crippen LogP contribution in [0.5, 0.6) is 17.2 Å². The number of halogens is 3. The highest BCUT2D eigenvalue weighted by Crippen LogP contribution is 2.35. The van der Waals surface area contributed by atoms with Gasteiger partial charge in [-0.25, -0.2) is 0 Å². The molecule has 0 radical (unpaired) electrons. The number of phenolic OH excluding ortho intramolecular Hbond substituents is 3. The molecule has 3 aromatic carbocycles. The number of ketones is 2. The van der Waals surface area contributed by atoms with E-state index in [0.717, 1.165) is 32.1 Å². The van der Waals surface area contributed by atoms with Crippen LogP contribution < -0.4 is 0 Å². The van der Waals surface area contributed by atoms with Crippen molar-refractivity contribution in [1.29, 1.82) is 0 Å². The summed E-state index contributed by atoms with van der Waals surface area (Å²) < 4.78 is 1.73. The number of hydrogen-bond acceptors (Lipinski definition) is 6. The molecule has 2 aliphatic carbocycles. The fourth-order valence-electron chi connectivity index (χ4n) is 4.42. The number of aromatic hydroxyl groups is 3. The summed E-state index contributed by atoms with van der Waals surface area (Å²) in [4.78, 5) is 33.5. The second kappa shape index (κ2) is 16.6. The minimum atomic E-state index is -0.0370. The van der Waals surface area contributed by atoms with E-state index in [1.807, 2.05) is 12.1 Å². The summed E-state index contributed by atoms with van der Waals surface area (Å²) in [6.07, 6.45) is 11.5. The SMILES string of the molecule is O=C1/C(=C/c2cccc(Br)c2O)CCC/C1=C\c1cccc(Br)c1O.O=C1CCCCC1.O=Cc1cccc(Br)c1O. The molecule has 0 atom stereocenters. The van der Waals surface area contributed by atoms with E-state index < -0.39 is 0 Å². The molecule has 220 valence electrons. The summed E-state index contributed by atoms with van der Waals surface area (Å²) in [6.45, 7) is 0. The Bertz CT molecular complexity index is 1430. The Morgan fingerprint density at radius 3 is 1.31 bits per heavy atom. The van der Waals surface area contributed by atoms with Crippen LogP contribution in [0.1, 0.15) is 72.9 Å². The summed E-state index contributed by atoms with van der Waals surface area (Å²) in [5.41, 5.74) is 2.86. The lowest BCUT2D eigenvalue weighted by molar-refractivity contribution is -0.120.